The molecule has 3 aromatic rings. The van der Waals surface area contributed by atoms with Crippen molar-refractivity contribution in [3.8, 4) is 11.8 Å². The van der Waals surface area contributed by atoms with Crippen LogP contribution in [0.1, 0.15) is 62.1 Å². The van der Waals surface area contributed by atoms with Crippen molar-refractivity contribution in [2.45, 2.75) is 57.8 Å². The first-order valence-corrected chi connectivity index (χ1v) is 13.4. The Morgan fingerprint density at radius 2 is 1.94 bits per heavy atom. The normalized spacial score (nSPS) is 15.6. The monoisotopic (exact) mass is 488 g/mol. The number of hydrogen-bond donors (Lipinski definition) is 1. The molecule has 36 heavy (non-hydrogen) atoms. The number of aromatic nitrogens is 2. The number of unbranched alkanes of at least 4 members (excludes halogenated alkanes) is 2. The van der Waals surface area contributed by atoms with Crippen LogP contribution in [0.25, 0.3) is 11.0 Å². The average Bonchev–Trinajstić information content (AvgIpc) is 3.27. The third-order valence-corrected chi connectivity index (χ3v) is 6.75. The lowest BCUT2D eigenvalue weighted by molar-refractivity contribution is -0.0282. The number of fused-ring (bicyclic) bond motifs is 1. The van der Waals surface area contributed by atoms with E-state index in [2.05, 4.69) is 70.8 Å². The Balaban J connectivity index is 1.69. The second-order valence-electron chi connectivity index (χ2n) is 9.50. The minimum absolute atomic E-state index is 0.192. The Bertz CT molecular complexity index is 1150. The first-order chi connectivity index (χ1) is 17.7. The number of benzene rings is 2. The van der Waals surface area contributed by atoms with Crippen molar-refractivity contribution < 1.29 is 9.47 Å². The van der Waals surface area contributed by atoms with E-state index in [1.165, 1.54) is 0 Å². The fraction of sp³-hybridized carbons (Fsp3) is 0.500. The summed E-state index contributed by atoms with van der Waals surface area (Å²) in [5.74, 6) is 7.58. The quantitative estimate of drug-likeness (QED) is 0.312. The van der Waals surface area contributed by atoms with Crippen LogP contribution in [0.5, 0.6) is 0 Å². The van der Waals surface area contributed by atoms with Crippen LogP contribution in [0, 0.1) is 11.8 Å². The average molecular weight is 489 g/mol. The lowest BCUT2D eigenvalue weighted by Gasteiger charge is -2.32. The van der Waals surface area contributed by atoms with Crippen molar-refractivity contribution in [3.63, 3.8) is 0 Å². The maximum Gasteiger partial charge on any atom is 0.143 e. The molecule has 1 atom stereocenters. The van der Waals surface area contributed by atoms with E-state index >= 15 is 0 Å². The number of rotatable bonds is 11. The van der Waals surface area contributed by atoms with Gasteiger partial charge in [-0.15, -0.1) is 0 Å². The highest BCUT2D eigenvalue weighted by molar-refractivity contribution is 5.76. The molecule has 2 aromatic carbocycles. The number of nitrogens with zero attached hydrogens (tertiary/aromatic N) is 3. The van der Waals surface area contributed by atoms with Crippen LogP contribution < -0.4 is 5.73 Å². The van der Waals surface area contributed by atoms with Gasteiger partial charge in [0, 0.05) is 38.2 Å². The predicted octanol–water partition coefficient (Wildman–Crippen LogP) is 4.75. The van der Waals surface area contributed by atoms with Gasteiger partial charge in [-0.2, -0.15) is 0 Å². The fourth-order valence-corrected chi connectivity index (χ4v) is 4.73. The molecule has 4 rings (SSSR count). The Labute approximate surface area is 215 Å². The Morgan fingerprint density at radius 3 is 2.75 bits per heavy atom. The summed E-state index contributed by atoms with van der Waals surface area (Å²) in [6.45, 7) is 6.91. The minimum atomic E-state index is -0.272. The Kier molecular flexibility index (Phi) is 9.94. The molecule has 1 aromatic heterocycles. The smallest absolute Gasteiger partial charge is 0.143 e. The largest absolute Gasteiger partial charge is 0.380 e. The lowest BCUT2D eigenvalue weighted by atomic mass is 10.0. The topological polar surface area (TPSA) is 65.5 Å². The van der Waals surface area contributed by atoms with Gasteiger partial charge in [0.2, 0.25) is 0 Å². The van der Waals surface area contributed by atoms with Gasteiger partial charge in [0.1, 0.15) is 11.9 Å². The summed E-state index contributed by atoms with van der Waals surface area (Å²) in [7, 11) is 2.18. The van der Waals surface area contributed by atoms with E-state index in [0.29, 0.717) is 13.2 Å². The fourth-order valence-electron chi connectivity index (χ4n) is 4.73. The molecule has 0 spiro atoms. The maximum absolute atomic E-state index is 6.89. The zero-order valence-electron chi connectivity index (χ0n) is 21.8. The highest BCUT2D eigenvalue weighted by Crippen LogP contribution is 2.32. The molecular weight excluding hydrogens is 448 g/mol. The van der Waals surface area contributed by atoms with Gasteiger partial charge in [-0.3, -0.25) is 0 Å². The van der Waals surface area contributed by atoms with Gasteiger partial charge in [0.05, 0.1) is 23.7 Å². The van der Waals surface area contributed by atoms with E-state index in [-0.39, 0.29) is 12.2 Å². The van der Waals surface area contributed by atoms with Crippen LogP contribution >= 0.6 is 0 Å². The number of para-hydroxylation sites is 2. The highest BCUT2D eigenvalue weighted by Gasteiger charge is 2.28. The van der Waals surface area contributed by atoms with Gasteiger partial charge in [0.15, 0.2) is 0 Å². The SMILES string of the molecule is CCOCCn1c(C(OC2CCN(C)CC2)c2cccc(C#CCCCCN)c2)nc2ccccc21. The van der Waals surface area contributed by atoms with Gasteiger partial charge in [-0.1, -0.05) is 36.1 Å². The van der Waals surface area contributed by atoms with Crippen molar-refractivity contribution in [2.24, 2.45) is 5.73 Å². The molecule has 192 valence electrons. The van der Waals surface area contributed by atoms with Crippen molar-refractivity contribution in [1.29, 1.82) is 0 Å². The van der Waals surface area contributed by atoms with Crippen LogP contribution in [0.3, 0.4) is 0 Å². The highest BCUT2D eigenvalue weighted by atomic mass is 16.5. The van der Waals surface area contributed by atoms with E-state index in [0.717, 1.165) is 86.3 Å². The molecule has 0 saturated carbocycles. The van der Waals surface area contributed by atoms with Crippen LogP contribution in [0.15, 0.2) is 48.5 Å². The zero-order valence-corrected chi connectivity index (χ0v) is 21.8. The summed E-state index contributed by atoms with van der Waals surface area (Å²) < 4.78 is 14.9. The molecule has 1 saturated heterocycles. The Hall–Kier alpha value is -2.69. The number of piperidine rings is 1. The number of likely N-dealkylation sites (tertiary alicyclic amines) is 1. The van der Waals surface area contributed by atoms with E-state index in [1.807, 2.05) is 13.0 Å². The van der Waals surface area contributed by atoms with Crippen LogP contribution in [0.4, 0.5) is 0 Å². The number of nitrogens with two attached hydrogens (primary N) is 1. The van der Waals surface area contributed by atoms with Crippen LogP contribution in [-0.4, -0.2) is 60.5 Å². The third-order valence-electron chi connectivity index (χ3n) is 6.75. The third kappa shape index (κ3) is 6.96. The van der Waals surface area contributed by atoms with Crippen molar-refractivity contribution in [3.05, 3.63) is 65.5 Å². The first kappa shape index (κ1) is 26.4. The molecule has 1 aliphatic rings. The summed E-state index contributed by atoms with van der Waals surface area (Å²) >= 11 is 0. The molecule has 0 radical (unpaired) electrons. The van der Waals surface area contributed by atoms with Gasteiger partial charge < -0.3 is 24.7 Å². The van der Waals surface area contributed by atoms with Crippen LogP contribution in [-0.2, 0) is 16.0 Å². The summed E-state index contributed by atoms with van der Waals surface area (Å²) in [6, 6.07) is 16.8. The molecule has 6 nitrogen and oxygen atoms in total. The molecule has 0 aliphatic carbocycles. The maximum atomic E-state index is 6.89. The van der Waals surface area contributed by atoms with Gasteiger partial charge in [0.25, 0.3) is 0 Å². The minimum Gasteiger partial charge on any atom is -0.380 e. The Morgan fingerprint density at radius 1 is 1.11 bits per heavy atom. The second-order valence-corrected chi connectivity index (χ2v) is 9.50. The lowest BCUT2D eigenvalue weighted by Crippen LogP contribution is -2.35. The van der Waals surface area contributed by atoms with Crippen LogP contribution in [0.2, 0.25) is 0 Å². The number of ether oxygens (including phenoxy) is 2. The van der Waals surface area contributed by atoms with Crippen molar-refractivity contribution in [2.75, 3.05) is 39.9 Å². The molecule has 1 aliphatic heterocycles. The summed E-state index contributed by atoms with van der Waals surface area (Å²) in [6.07, 6.45) is 4.88. The van der Waals surface area contributed by atoms with Crippen molar-refractivity contribution >= 4 is 11.0 Å². The molecule has 6 heteroatoms. The molecule has 2 heterocycles. The van der Waals surface area contributed by atoms with Gasteiger partial charge in [-0.05, 0) is 76.0 Å². The van der Waals surface area contributed by atoms with E-state index < -0.39 is 0 Å². The molecule has 1 fully saturated rings. The molecule has 0 bridgehead atoms. The number of hydrogen-bond acceptors (Lipinski definition) is 5. The summed E-state index contributed by atoms with van der Waals surface area (Å²) in [4.78, 5) is 7.47. The van der Waals surface area contributed by atoms with E-state index in [4.69, 9.17) is 20.2 Å². The van der Waals surface area contributed by atoms with E-state index in [1.54, 1.807) is 0 Å². The van der Waals surface area contributed by atoms with Gasteiger partial charge in [-0.25, -0.2) is 4.98 Å². The van der Waals surface area contributed by atoms with Crippen molar-refractivity contribution in [1.82, 2.24) is 14.5 Å². The first-order valence-electron chi connectivity index (χ1n) is 13.4. The molecule has 2 N–H and O–H groups in total. The predicted molar refractivity (Wildman–Crippen MR) is 146 cm³/mol. The molecular formula is C30H40N4O2. The number of imidazole rings is 1. The summed E-state index contributed by atoms with van der Waals surface area (Å²) in [5.41, 5.74) is 9.81. The van der Waals surface area contributed by atoms with E-state index in [9.17, 15) is 0 Å². The molecule has 0 amide bonds. The van der Waals surface area contributed by atoms with Gasteiger partial charge >= 0.3 is 0 Å². The second kappa shape index (κ2) is 13.6. The zero-order chi connectivity index (χ0) is 25.2. The summed E-state index contributed by atoms with van der Waals surface area (Å²) in [5, 5.41) is 0. The standard InChI is InChI=1S/C30H40N4O2/c1-3-35-22-21-34-28-15-8-7-14-27(28)32-30(34)29(36-26-16-19-33(2)20-17-26)25-13-10-12-24(23-25)11-6-4-5-9-18-31/h7-8,10,12-15,23,26,29H,3-5,9,16-22,31H2,1-2H3. The molecule has 1 unspecified atom stereocenters.